The van der Waals surface area contributed by atoms with E-state index in [4.69, 9.17) is 0 Å². The first-order valence-corrected chi connectivity index (χ1v) is 24.5. The molecule has 68 heavy (non-hydrogen) atoms. The Hall–Kier alpha value is -8.14. The van der Waals surface area contributed by atoms with Gasteiger partial charge in [-0.1, -0.05) is 176 Å². The zero-order chi connectivity index (χ0) is 44.5. The van der Waals surface area contributed by atoms with Crippen molar-refractivity contribution in [2.24, 2.45) is 5.92 Å². The quantitative estimate of drug-likeness (QED) is 0.168. The summed E-state index contributed by atoms with van der Waals surface area (Å²) in [7, 11) is 0. The van der Waals surface area contributed by atoms with E-state index in [1.54, 1.807) is 0 Å². The number of aromatic nitrogens is 2. The number of anilines is 3. The minimum atomic E-state index is -0.466. The summed E-state index contributed by atoms with van der Waals surface area (Å²) >= 11 is 0. The molecule has 3 nitrogen and oxygen atoms in total. The van der Waals surface area contributed by atoms with Crippen molar-refractivity contribution in [2.45, 2.75) is 37.1 Å². The van der Waals surface area contributed by atoms with Crippen LogP contribution in [0.2, 0.25) is 0 Å². The van der Waals surface area contributed by atoms with E-state index in [-0.39, 0.29) is 6.04 Å². The van der Waals surface area contributed by atoms with Crippen molar-refractivity contribution in [1.29, 1.82) is 0 Å². The largest absolute Gasteiger partial charge is 0.331 e. The maximum Gasteiger partial charge on any atom is 0.0742 e. The normalized spacial score (nSPS) is 18.2. The Kier molecular flexibility index (Phi) is 8.07. The average molecular weight is 870 g/mol. The van der Waals surface area contributed by atoms with Crippen LogP contribution < -0.4 is 4.90 Å². The molecule has 0 radical (unpaired) electrons. The third-order valence-corrected chi connectivity index (χ3v) is 16.0. The fraction of sp³-hybridized carbons (Fsp3) is 0.108. The summed E-state index contributed by atoms with van der Waals surface area (Å²) in [5, 5.41) is 5.06. The Morgan fingerprint density at radius 2 is 1.13 bits per heavy atom. The average Bonchev–Trinajstić information content (AvgIpc) is 4.12. The number of benzene rings is 8. The second kappa shape index (κ2) is 14.4. The highest BCUT2D eigenvalue weighted by Gasteiger charge is 2.52. The number of nitrogens with zero attached hydrogens (tertiary/aromatic N) is 3. The molecule has 0 bridgehead atoms. The molecule has 2 unspecified atom stereocenters. The molecule has 0 aliphatic heterocycles. The van der Waals surface area contributed by atoms with Gasteiger partial charge in [-0.05, 0) is 125 Å². The number of hydrogen-bond donors (Lipinski definition) is 0. The monoisotopic (exact) mass is 869 g/mol. The fourth-order valence-corrected chi connectivity index (χ4v) is 13.4. The molecule has 5 aliphatic rings. The molecule has 0 saturated carbocycles. The summed E-state index contributed by atoms with van der Waals surface area (Å²) in [5.41, 5.74) is 21.3. The van der Waals surface area contributed by atoms with Gasteiger partial charge >= 0.3 is 0 Å². The van der Waals surface area contributed by atoms with Crippen LogP contribution in [-0.4, -0.2) is 9.13 Å². The van der Waals surface area contributed by atoms with Crippen molar-refractivity contribution in [3.63, 3.8) is 0 Å². The minimum absolute atomic E-state index is 0.165. The predicted molar refractivity (Wildman–Crippen MR) is 284 cm³/mol. The molecule has 0 fully saturated rings. The third-order valence-electron chi connectivity index (χ3n) is 16.0. The standard InChI is InChI=1S/C65H47N3/c1-2-21-43(22-3-1)67-58-34-14-9-26-48(58)50-29-17-38-62(64(50)67)66(44-39-40-60-52(41-44)49-27-10-15-35-59(49)68(60)57-36-16-20-42-19-4-5-23-45(42)57)61-37-18-33-56-63(61)51-28-8-13-32-55(51)65(56)53-30-11-6-24-46(53)47-25-7-12-31-54(47)65/h1-3,5-18,21,23-43H,4,19-20,22H2. The van der Waals surface area contributed by atoms with E-state index in [2.05, 4.69) is 239 Å². The molecule has 0 N–H and O–H groups in total. The molecule has 10 aromatic rings. The van der Waals surface area contributed by atoms with Crippen LogP contribution in [0.4, 0.5) is 17.1 Å². The van der Waals surface area contributed by atoms with Crippen LogP contribution >= 0.6 is 0 Å². The third kappa shape index (κ3) is 5.03. The molecule has 8 aromatic carbocycles. The van der Waals surface area contributed by atoms with E-state index in [0.717, 1.165) is 24.9 Å². The highest BCUT2D eigenvalue weighted by atomic mass is 15.2. The van der Waals surface area contributed by atoms with E-state index in [1.807, 2.05) is 0 Å². The summed E-state index contributed by atoms with van der Waals surface area (Å²) in [6.07, 6.45) is 23.1. The van der Waals surface area contributed by atoms with Gasteiger partial charge in [-0.3, -0.25) is 0 Å². The van der Waals surface area contributed by atoms with Crippen molar-refractivity contribution >= 4 is 66.4 Å². The van der Waals surface area contributed by atoms with Gasteiger partial charge in [0, 0.05) is 44.0 Å². The predicted octanol–water partition coefficient (Wildman–Crippen LogP) is 16.9. The van der Waals surface area contributed by atoms with E-state index in [9.17, 15) is 0 Å². The summed E-state index contributed by atoms with van der Waals surface area (Å²) in [6, 6.07) is 67.1. The molecule has 1 spiro atoms. The van der Waals surface area contributed by atoms with Gasteiger partial charge in [0.25, 0.3) is 0 Å². The van der Waals surface area contributed by atoms with Gasteiger partial charge < -0.3 is 14.0 Å². The van der Waals surface area contributed by atoms with Crippen LogP contribution in [0.3, 0.4) is 0 Å². The highest BCUT2D eigenvalue weighted by molar-refractivity contribution is 6.16. The zero-order valence-corrected chi connectivity index (χ0v) is 37.7. The first kappa shape index (κ1) is 38.0. The SMILES string of the molecule is C1=CCC(n2c3ccccc3c3cccc(N(c4ccc5c(c4)c4ccccc4n5C4=C5C=CCCC5CC=C4)c4cccc5c4-c4ccccc4C54c5ccccc5-c5ccccc54)c32)C=C1. The summed E-state index contributed by atoms with van der Waals surface area (Å²) in [4.78, 5) is 2.62. The molecule has 322 valence electrons. The Balaban J connectivity index is 1.06. The summed E-state index contributed by atoms with van der Waals surface area (Å²) < 4.78 is 5.17. The second-order valence-electron chi connectivity index (χ2n) is 19.3. The van der Waals surface area contributed by atoms with Crippen molar-refractivity contribution in [3.8, 4) is 22.3 Å². The van der Waals surface area contributed by atoms with Crippen molar-refractivity contribution in [3.05, 3.63) is 252 Å². The van der Waals surface area contributed by atoms with Crippen LogP contribution in [0.25, 0.3) is 71.6 Å². The lowest BCUT2D eigenvalue weighted by Gasteiger charge is -2.32. The number of para-hydroxylation sites is 3. The first-order chi connectivity index (χ1) is 33.8. The van der Waals surface area contributed by atoms with E-state index >= 15 is 0 Å². The van der Waals surface area contributed by atoms with Crippen molar-refractivity contribution < 1.29 is 0 Å². The van der Waals surface area contributed by atoms with Gasteiger partial charge in [0.2, 0.25) is 0 Å². The first-order valence-electron chi connectivity index (χ1n) is 24.5. The highest BCUT2D eigenvalue weighted by Crippen LogP contribution is 2.65. The molecule has 2 aromatic heterocycles. The van der Waals surface area contributed by atoms with E-state index in [1.165, 1.54) is 117 Å². The smallest absolute Gasteiger partial charge is 0.0742 e. The van der Waals surface area contributed by atoms with Gasteiger partial charge in [0.05, 0.1) is 39.4 Å². The lowest BCUT2D eigenvalue weighted by molar-refractivity contribution is 0.565. The molecule has 0 saturated heterocycles. The van der Waals surface area contributed by atoms with E-state index < -0.39 is 5.41 Å². The molecule has 5 aliphatic carbocycles. The molecular weight excluding hydrogens is 823 g/mol. The molecule has 0 amide bonds. The maximum atomic E-state index is 2.62. The van der Waals surface area contributed by atoms with Crippen LogP contribution in [-0.2, 0) is 5.41 Å². The lowest BCUT2D eigenvalue weighted by atomic mass is 9.70. The zero-order valence-electron chi connectivity index (χ0n) is 37.7. The lowest BCUT2D eigenvalue weighted by Crippen LogP contribution is -2.26. The van der Waals surface area contributed by atoms with Gasteiger partial charge in [-0.15, -0.1) is 0 Å². The van der Waals surface area contributed by atoms with Crippen LogP contribution in [0.1, 0.15) is 54.0 Å². The number of rotatable bonds is 5. The van der Waals surface area contributed by atoms with Crippen molar-refractivity contribution in [1.82, 2.24) is 9.13 Å². The Morgan fingerprint density at radius 3 is 1.93 bits per heavy atom. The molecule has 2 heterocycles. The van der Waals surface area contributed by atoms with Crippen LogP contribution in [0, 0.1) is 5.92 Å². The molecule has 2 atom stereocenters. The minimum Gasteiger partial charge on any atom is -0.331 e. The maximum absolute atomic E-state index is 2.62. The van der Waals surface area contributed by atoms with Gasteiger partial charge in [0.1, 0.15) is 0 Å². The Bertz CT molecular complexity index is 3910. The van der Waals surface area contributed by atoms with Crippen LogP contribution in [0.5, 0.6) is 0 Å². The topological polar surface area (TPSA) is 13.1 Å². The number of hydrogen-bond acceptors (Lipinski definition) is 1. The van der Waals surface area contributed by atoms with Crippen LogP contribution in [0.15, 0.2) is 230 Å². The van der Waals surface area contributed by atoms with Crippen molar-refractivity contribution in [2.75, 3.05) is 4.90 Å². The summed E-state index contributed by atoms with van der Waals surface area (Å²) in [6.45, 7) is 0. The number of fused-ring (bicyclic) bond motifs is 17. The van der Waals surface area contributed by atoms with Gasteiger partial charge in [-0.2, -0.15) is 0 Å². The molecule has 3 heteroatoms. The molecule has 15 rings (SSSR count). The second-order valence-corrected chi connectivity index (χ2v) is 19.3. The Morgan fingerprint density at radius 1 is 0.485 bits per heavy atom. The van der Waals surface area contributed by atoms with Gasteiger partial charge in [-0.25, -0.2) is 0 Å². The Labute approximate surface area is 396 Å². The van der Waals surface area contributed by atoms with E-state index in [0.29, 0.717) is 5.92 Å². The summed E-state index contributed by atoms with van der Waals surface area (Å²) in [5.74, 6) is 0.554. The fourth-order valence-electron chi connectivity index (χ4n) is 13.4. The molecular formula is C65H47N3. The number of allylic oxidation sites excluding steroid dienone is 10. The van der Waals surface area contributed by atoms with Gasteiger partial charge in [0.15, 0.2) is 0 Å².